The van der Waals surface area contributed by atoms with E-state index < -0.39 is 0 Å². The van der Waals surface area contributed by atoms with E-state index >= 15 is 0 Å². The van der Waals surface area contributed by atoms with Gasteiger partial charge in [0, 0.05) is 16.8 Å². The molecular weight excluding hydrogens is 374 g/mol. The fourth-order valence-corrected chi connectivity index (χ4v) is 3.19. The zero-order valence-electron chi connectivity index (χ0n) is 17.2. The third kappa shape index (κ3) is 4.83. The van der Waals surface area contributed by atoms with Crippen LogP contribution in [0.15, 0.2) is 54.6 Å². The minimum Gasteiger partial charge on any atom is -0.397 e. The fourth-order valence-electron chi connectivity index (χ4n) is 3.19. The van der Waals surface area contributed by atoms with Crippen LogP contribution in [0.4, 0.5) is 11.4 Å². The molecular formula is C24H25N5O. The summed E-state index contributed by atoms with van der Waals surface area (Å²) in [6, 6.07) is 18.3. The summed E-state index contributed by atoms with van der Waals surface area (Å²) in [7, 11) is 0. The SMILES string of the molecule is CCNCCc1cc(C#N)c(-c2ccc(C(=O)Nc3ccccc3N)cc2)nc1C. The number of nitrogens with zero attached hydrogens (tertiary/aromatic N) is 2. The Kier molecular flexibility index (Phi) is 6.79. The van der Waals surface area contributed by atoms with E-state index in [0.29, 0.717) is 28.2 Å². The summed E-state index contributed by atoms with van der Waals surface area (Å²) in [6.07, 6.45) is 0.823. The number of rotatable bonds is 7. The minimum atomic E-state index is -0.247. The van der Waals surface area contributed by atoms with Crippen molar-refractivity contribution in [2.45, 2.75) is 20.3 Å². The Hall–Kier alpha value is -3.69. The average Bonchev–Trinajstić information content (AvgIpc) is 2.76. The van der Waals surface area contributed by atoms with Gasteiger partial charge in [0.05, 0.1) is 22.6 Å². The van der Waals surface area contributed by atoms with E-state index in [0.717, 1.165) is 36.3 Å². The van der Waals surface area contributed by atoms with Crippen LogP contribution in [0, 0.1) is 18.3 Å². The van der Waals surface area contributed by atoms with Gasteiger partial charge >= 0.3 is 0 Å². The molecule has 0 bridgehead atoms. The Balaban J connectivity index is 1.82. The van der Waals surface area contributed by atoms with Crippen molar-refractivity contribution in [3.05, 3.63) is 77.0 Å². The second-order valence-electron chi connectivity index (χ2n) is 6.96. The largest absolute Gasteiger partial charge is 0.397 e. The molecule has 1 aromatic heterocycles. The van der Waals surface area contributed by atoms with Crippen LogP contribution < -0.4 is 16.4 Å². The Morgan fingerprint density at radius 1 is 1.17 bits per heavy atom. The molecule has 0 atom stereocenters. The summed E-state index contributed by atoms with van der Waals surface area (Å²) in [5, 5.41) is 15.7. The Labute approximate surface area is 176 Å². The second-order valence-corrected chi connectivity index (χ2v) is 6.96. The van der Waals surface area contributed by atoms with Gasteiger partial charge in [-0.2, -0.15) is 5.26 Å². The second kappa shape index (κ2) is 9.68. The van der Waals surface area contributed by atoms with Gasteiger partial charge in [-0.3, -0.25) is 9.78 Å². The fraction of sp³-hybridized carbons (Fsp3) is 0.208. The number of anilines is 2. The van der Waals surface area contributed by atoms with Crippen molar-refractivity contribution in [3.63, 3.8) is 0 Å². The molecule has 0 fully saturated rings. The lowest BCUT2D eigenvalue weighted by Crippen LogP contribution is -2.17. The van der Waals surface area contributed by atoms with Crippen molar-refractivity contribution < 1.29 is 4.79 Å². The topological polar surface area (TPSA) is 104 Å². The maximum Gasteiger partial charge on any atom is 0.255 e. The standard InChI is InChI=1S/C24H25N5O/c1-3-27-13-12-19-14-20(15-25)23(28-16(19)2)17-8-10-18(11-9-17)24(30)29-22-7-5-4-6-21(22)26/h4-11,14,27H,3,12-13,26H2,1-2H3,(H,29,30). The van der Waals surface area contributed by atoms with Crippen molar-refractivity contribution in [3.8, 4) is 17.3 Å². The molecule has 30 heavy (non-hydrogen) atoms. The van der Waals surface area contributed by atoms with Crippen LogP contribution in [-0.2, 0) is 6.42 Å². The van der Waals surface area contributed by atoms with Crippen molar-refractivity contribution in [1.82, 2.24) is 10.3 Å². The van der Waals surface area contributed by atoms with E-state index in [-0.39, 0.29) is 5.91 Å². The number of aryl methyl sites for hydroxylation is 1. The van der Waals surface area contributed by atoms with Crippen LogP contribution in [0.2, 0.25) is 0 Å². The van der Waals surface area contributed by atoms with Gasteiger partial charge in [0.1, 0.15) is 6.07 Å². The molecule has 2 aromatic carbocycles. The number of pyridine rings is 1. The van der Waals surface area contributed by atoms with E-state index in [2.05, 4.69) is 28.6 Å². The van der Waals surface area contributed by atoms with Crippen molar-refractivity contribution in [2.75, 3.05) is 24.1 Å². The third-order valence-electron chi connectivity index (χ3n) is 4.89. The molecule has 0 aliphatic carbocycles. The van der Waals surface area contributed by atoms with Crippen molar-refractivity contribution >= 4 is 17.3 Å². The average molecular weight is 399 g/mol. The molecule has 6 heteroatoms. The summed E-state index contributed by atoms with van der Waals surface area (Å²) in [5.41, 5.74) is 11.4. The van der Waals surface area contributed by atoms with Crippen molar-refractivity contribution in [2.24, 2.45) is 0 Å². The molecule has 0 unspecified atom stereocenters. The number of carbonyl (C=O) groups is 1. The number of amides is 1. The van der Waals surface area contributed by atoms with Gasteiger partial charge in [-0.25, -0.2) is 0 Å². The lowest BCUT2D eigenvalue weighted by Gasteiger charge is -2.11. The van der Waals surface area contributed by atoms with E-state index in [1.165, 1.54) is 0 Å². The summed E-state index contributed by atoms with van der Waals surface area (Å²) < 4.78 is 0. The van der Waals surface area contributed by atoms with Gasteiger partial charge in [-0.1, -0.05) is 31.2 Å². The summed E-state index contributed by atoms with van der Waals surface area (Å²) in [5.74, 6) is -0.247. The molecule has 3 aromatic rings. The number of hydrogen-bond acceptors (Lipinski definition) is 5. The van der Waals surface area contributed by atoms with E-state index in [1.807, 2.05) is 37.3 Å². The third-order valence-corrected chi connectivity index (χ3v) is 4.89. The summed E-state index contributed by atoms with van der Waals surface area (Å²) in [6.45, 7) is 5.77. The highest BCUT2D eigenvalue weighted by molar-refractivity contribution is 6.05. The number of nitriles is 1. The number of para-hydroxylation sites is 2. The van der Waals surface area contributed by atoms with Gasteiger partial charge < -0.3 is 16.4 Å². The predicted octanol–water partition coefficient (Wildman–Crippen LogP) is 3.92. The molecule has 152 valence electrons. The Bertz CT molecular complexity index is 1080. The van der Waals surface area contributed by atoms with Gasteiger partial charge in [-0.05, 0) is 62.3 Å². The minimum absolute atomic E-state index is 0.247. The molecule has 1 heterocycles. The Morgan fingerprint density at radius 2 is 1.90 bits per heavy atom. The first-order valence-electron chi connectivity index (χ1n) is 9.91. The number of aromatic nitrogens is 1. The van der Waals surface area contributed by atoms with Crippen LogP contribution in [-0.4, -0.2) is 24.0 Å². The van der Waals surface area contributed by atoms with E-state index in [9.17, 15) is 10.1 Å². The molecule has 4 N–H and O–H groups in total. The zero-order chi connectivity index (χ0) is 21.5. The molecule has 0 radical (unpaired) electrons. The highest BCUT2D eigenvalue weighted by atomic mass is 16.1. The Morgan fingerprint density at radius 3 is 2.57 bits per heavy atom. The molecule has 0 aliphatic rings. The first-order valence-corrected chi connectivity index (χ1v) is 9.91. The highest BCUT2D eigenvalue weighted by Crippen LogP contribution is 2.25. The number of nitrogens with one attached hydrogen (secondary N) is 2. The molecule has 0 spiro atoms. The maximum absolute atomic E-state index is 12.5. The smallest absolute Gasteiger partial charge is 0.255 e. The lowest BCUT2D eigenvalue weighted by atomic mass is 10.0. The van der Waals surface area contributed by atoms with Crippen LogP contribution in [0.5, 0.6) is 0 Å². The molecule has 3 rings (SSSR count). The number of hydrogen-bond donors (Lipinski definition) is 3. The highest BCUT2D eigenvalue weighted by Gasteiger charge is 2.13. The number of likely N-dealkylation sites (N-methyl/N-ethyl adjacent to an activating group) is 1. The monoisotopic (exact) mass is 399 g/mol. The molecule has 6 nitrogen and oxygen atoms in total. The first kappa shape index (κ1) is 21.0. The van der Waals surface area contributed by atoms with Gasteiger partial charge in [0.25, 0.3) is 5.91 Å². The summed E-state index contributed by atoms with van der Waals surface area (Å²) in [4.78, 5) is 17.2. The lowest BCUT2D eigenvalue weighted by molar-refractivity contribution is 0.102. The molecule has 0 aliphatic heterocycles. The number of benzene rings is 2. The quantitative estimate of drug-likeness (QED) is 0.413. The maximum atomic E-state index is 12.5. The molecule has 0 saturated carbocycles. The summed E-state index contributed by atoms with van der Waals surface area (Å²) >= 11 is 0. The van der Waals surface area contributed by atoms with Gasteiger partial charge in [0.15, 0.2) is 0 Å². The molecule has 1 amide bonds. The van der Waals surface area contributed by atoms with E-state index in [4.69, 9.17) is 5.73 Å². The molecule has 0 saturated heterocycles. The van der Waals surface area contributed by atoms with Crippen LogP contribution in [0.1, 0.15) is 34.1 Å². The van der Waals surface area contributed by atoms with Gasteiger partial charge in [-0.15, -0.1) is 0 Å². The zero-order valence-corrected chi connectivity index (χ0v) is 17.2. The van der Waals surface area contributed by atoms with Gasteiger partial charge in [0.2, 0.25) is 0 Å². The van der Waals surface area contributed by atoms with Crippen LogP contribution >= 0.6 is 0 Å². The normalized spacial score (nSPS) is 10.4. The number of nitrogen functional groups attached to an aromatic ring is 1. The predicted molar refractivity (Wildman–Crippen MR) is 120 cm³/mol. The van der Waals surface area contributed by atoms with E-state index in [1.54, 1.807) is 24.3 Å². The number of carbonyl (C=O) groups excluding carboxylic acids is 1. The van der Waals surface area contributed by atoms with Crippen LogP contribution in [0.25, 0.3) is 11.3 Å². The van der Waals surface area contributed by atoms with Crippen molar-refractivity contribution in [1.29, 1.82) is 5.26 Å². The first-order chi connectivity index (χ1) is 14.5. The van der Waals surface area contributed by atoms with Crippen LogP contribution in [0.3, 0.4) is 0 Å². The number of nitrogens with two attached hydrogens (primary N) is 1.